The van der Waals surface area contributed by atoms with E-state index in [0.29, 0.717) is 0 Å². The van der Waals surface area contributed by atoms with Crippen molar-refractivity contribution in [1.82, 2.24) is 0 Å². The van der Waals surface area contributed by atoms with Crippen LogP contribution in [0.2, 0.25) is 0 Å². The van der Waals surface area contributed by atoms with Crippen molar-refractivity contribution in [3.63, 3.8) is 0 Å². The topological polar surface area (TPSA) is 16.4 Å². The molecule has 2 nitrogen and oxygen atoms in total. The quantitative estimate of drug-likeness (QED) is 0.160. The minimum atomic E-state index is -0.531. The molecule has 1 aromatic heterocycles. The minimum absolute atomic E-state index is 0.531. The number of para-hydroxylation sites is 1. The Balaban J connectivity index is 1.14. The average Bonchev–Trinajstić information content (AvgIpc) is 3.86. The Morgan fingerprint density at radius 2 is 0.951 bits per heavy atom. The number of fused-ring (bicyclic) bond motifs is 7. The molecule has 0 N–H and O–H groups in total. The maximum absolute atomic E-state index is 6.58. The lowest BCUT2D eigenvalue weighted by molar-refractivity contribution is 0.669. The van der Waals surface area contributed by atoms with E-state index < -0.39 is 5.41 Å². The molecule has 12 rings (SSSR count). The van der Waals surface area contributed by atoms with Gasteiger partial charge in [0, 0.05) is 33.8 Å². The van der Waals surface area contributed by atoms with Gasteiger partial charge in [0.15, 0.2) is 0 Å². The summed E-state index contributed by atoms with van der Waals surface area (Å²) in [5.41, 5.74) is 16.6. The lowest BCUT2D eigenvalue weighted by Gasteiger charge is -2.34. The molecule has 2 heteroatoms. The molecular formula is C59H39NO. The fourth-order valence-electron chi connectivity index (χ4n) is 10.2. The van der Waals surface area contributed by atoms with Crippen LogP contribution in [0, 0.1) is 0 Å². The summed E-state index contributed by atoms with van der Waals surface area (Å²) < 4.78 is 6.58. The van der Waals surface area contributed by atoms with Crippen molar-refractivity contribution < 1.29 is 4.42 Å². The zero-order valence-electron chi connectivity index (χ0n) is 33.4. The summed E-state index contributed by atoms with van der Waals surface area (Å²) >= 11 is 0. The van der Waals surface area contributed by atoms with Crippen LogP contribution in [-0.4, -0.2) is 0 Å². The van der Waals surface area contributed by atoms with Gasteiger partial charge in [0.1, 0.15) is 11.2 Å². The van der Waals surface area contributed by atoms with Crippen molar-refractivity contribution >= 4 is 49.8 Å². The van der Waals surface area contributed by atoms with Gasteiger partial charge in [-0.25, -0.2) is 0 Å². The molecule has 1 heterocycles. The van der Waals surface area contributed by atoms with E-state index in [1.165, 1.54) is 60.8 Å². The normalized spacial score (nSPS) is 12.7. The highest BCUT2D eigenvalue weighted by Gasteiger charge is 2.47. The molecule has 0 amide bonds. The maximum atomic E-state index is 6.58. The Kier molecular flexibility index (Phi) is 8.11. The smallest absolute Gasteiger partial charge is 0.137 e. The van der Waals surface area contributed by atoms with Gasteiger partial charge in [-0.05, 0) is 97.2 Å². The average molecular weight is 778 g/mol. The van der Waals surface area contributed by atoms with Gasteiger partial charge < -0.3 is 9.32 Å². The zero-order valence-corrected chi connectivity index (χ0v) is 33.4. The molecule has 61 heavy (non-hydrogen) atoms. The van der Waals surface area contributed by atoms with E-state index in [4.69, 9.17) is 4.42 Å². The number of rotatable bonds is 7. The number of benzene rings is 10. The van der Waals surface area contributed by atoms with Gasteiger partial charge in [0.25, 0.3) is 0 Å². The fraction of sp³-hybridized carbons (Fsp3) is 0.0169. The second kappa shape index (κ2) is 14.1. The molecule has 0 radical (unpaired) electrons. The van der Waals surface area contributed by atoms with Crippen LogP contribution >= 0.6 is 0 Å². The number of hydrogen-bond donors (Lipinski definition) is 0. The summed E-state index contributed by atoms with van der Waals surface area (Å²) in [5, 5.41) is 4.68. The predicted octanol–water partition coefficient (Wildman–Crippen LogP) is 15.9. The molecule has 10 aromatic carbocycles. The monoisotopic (exact) mass is 777 g/mol. The molecule has 11 aromatic rings. The summed E-state index contributed by atoms with van der Waals surface area (Å²) in [4.78, 5) is 2.45. The van der Waals surface area contributed by atoms with Gasteiger partial charge in [0.2, 0.25) is 0 Å². The molecule has 0 bridgehead atoms. The minimum Gasteiger partial charge on any atom is -0.456 e. The molecular weight excluding hydrogens is 739 g/mol. The first-order valence-electron chi connectivity index (χ1n) is 21.0. The second-order valence-electron chi connectivity index (χ2n) is 16.0. The molecule has 0 spiro atoms. The van der Waals surface area contributed by atoms with Gasteiger partial charge >= 0.3 is 0 Å². The zero-order chi connectivity index (χ0) is 40.3. The third-order valence-electron chi connectivity index (χ3n) is 12.7. The summed E-state index contributed by atoms with van der Waals surface area (Å²) in [6.07, 6.45) is 0. The summed E-state index contributed by atoms with van der Waals surface area (Å²) in [6.45, 7) is 0. The molecule has 0 aliphatic heterocycles. The van der Waals surface area contributed by atoms with E-state index in [-0.39, 0.29) is 0 Å². The highest BCUT2D eigenvalue weighted by atomic mass is 16.3. The number of hydrogen-bond acceptors (Lipinski definition) is 2. The van der Waals surface area contributed by atoms with Crippen molar-refractivity contribution in [3.8, 4) is 33.4 Å². The van der Waals surface area contributed by atoms with Crippen LogP contribution in [-0.2, 0) is 5.41 Å². The van der Waals surface area contributed by atoms with E-state index >= 15 is 0 Å². The van der Waals surface area contributed by atoms with Gasteiger partial charge in [-0.2, -0.15) is 0 Å². The standard InChI is InChI=1S/C59H39NO/c1-4-19-41(20-5-1)57-47-27-11-10-18-40(47)34-36-48(57)42-21-16-26-45(38-42)60(46-35-37-50-49-28-13-15-33-55(49)61-56(50)39-46)54-32-17-31-53-58(54)51-29-12-14-30-52(51)59(53,43-22-6-2-7-23-43)44-24-8-3-9-25-44/h1-39H. The first-order chi connectivity index (χ1) is 30.3. The Hall–Kier alpha value is -7.94. The predicted molar refractivity (Wildman–Crippen MR) is 254 cm³/mol. The molecule has 0 fully saturated rings. The van der Waals surface area contributed by atoms with Crippen LogP contribution in [0.4, 0.5) is 17.1 Å². The highest BCUT2D eigenvalue weighted by molar-refractivity contribution is 6.08. The van der Waals surface area contributed by atoms with Crippen molar-refractivity contribution in [2.24, 2.45) is 0 Å². The van der Waals surface area contributed by atoms with E-state index in [1.54, 1.807) is 0 Å². The third kappa shape index (κ3) is 5.43. The van der Waals surface area contributed by atoms with Crippen LogP contribution in [0.15, 0.2) is 241 Å². The van der Waals surface area contributed by atoms with Gasteiger partial charge in [-0.15, -0.1) is 0 Å². The maximum Gasteiger partial charge on any atom is 0.137 e. The molecule has 286 valence electrons. The van der Waals surface area contributed by atoms with Crippen molar-refractivity contribution in [3.05, 3.63) is 259 Å². The van der Waals surface area contributed by atoms with Crippen LogP contribution in [0.1, 0.15) is 22.3 Å². The fourth-order valence-corrected chi connectivity index (χ4v) is 10.2. The lowest BCUT2D eigenvalue weighted by atomic mass is 9.68. The SMILES string of the molecule is c1ccc(-c2c(-c3cccc(N(c4ccc5c(c4)oc4ccccc45)c4cccc5c4-c4ccccc4C5(c4ccccc4)c4ccccc4)c3)ccc3ccccc23)cc1. The molecule has 1 aliphatic rings. The first-order valence-corrected chi connectivity index (χ1v) is 21.0. The second-order valence-corrected chi connectivity index (χ2v) is 16.0. The van der Waals surface area contributed by atoms with Crippen molar-refractivity contribution in [2.45, 2.75) is 5.41 Å². The van der Waals surface area contributed by atoms with Gasteiger partial charge in [0.05, 0.1) is 11.1 Å². The largest absolute Gasteiger partial charge is 0.456 e. The number of nitrogens with zero attached hydrogens (tertiary/aromatic N) is 1. The van der Waals surface area contributed by atoms with Crippen LogP contribution in [0.3, 0.4) is 0 Å². The summed E-state index contributed by atoms with van der Waals surface area (Å²) in [7, 11) is 0. The van der Waals surface area contributed by atoms with Crippen molar-refractivity contribution in [1.29, 1.82) is 0 Å². The summed E-state index contributed by atoms with van der Waals surface area (Å²) in [6, 6.07) is 86.1. The van der Waals surface area contributed by atoms with E-state index in [1.807, 2.05) is 6.07 Å². The Bertz CT molecular complexity index is 3380. The molecule has 0 unspecified atom stereocenters. The summed E-state index contributed by atoms with van der Waals surface area (Å²) in [5.74, 6) is 0. The molecule has 1 aliphatic carbocycles. The van der Waals surface area contributed by atoms with Gasteiger partial charge in [-0.3, -0.25) is 0 Å². The van der Waals surface area contributed by atoms with Crippen LogP contribution in [0.5, 0.6) is 0 Å². The Morgan fingerprint density at radius 1 is 0.344 bits per heavy atom. The molecule has 0 atom stereocenters. The lowest BCUT2D eigenvalue weighted by Crippen LogP contribution is -2.28. The van der Waals surface area contributed by atoms with Crippen molar-refractivity contribution in [2.75, 3.05) is 4.90 Å². The Labute approximate surface area is 355 Å². The first kappa shape index (κ1) is 35.0. The van der Waals surface area contributed by atoms with Gasteiger partial charge in [-0.1, -0.05) is 194 Å². The van der Waals surface area contributed by atoms with Crippen LogP contribution in [0.25, 0.3) is 66.1 Å². The third-order valence-corrected chi connectivity index (χ3v) is 12.7. The molecule has 0 saturated heterocycles. The number of anilines is 3. The van der Waals surface area contributed by atoms with E-state index in [2.05, 4.69) is 235 Å². The van der Waals surface area contributed by atoms with E-state index in [0.717, 1.165) is 44.6 Å². The number of furan rings is 1. The Morgan fingerprint density at radius 3 is 1.75 bits per heavy atom. The van der Waals surface area contributed by atoms with Crippen LogP contribution < -0.4 is 4.90 Å². The molecule has 0 saturated carbocycles. The van der Waals surface area contributed by atoms with E-state index in [9.17, 15) is 0 Å². The highest BCUT2D eigenvalue weighted by Crippen LogP contribution is 2.59.